The first kappa shape index (κ1) is 16.2. The van der Waals surface area contributed by atoms with E-state index in [4.69, 9.17) is 5.73 Å². The Bertz CT molecular complexity index is 730. The molecule has 1 aliphatic heterocycles. The minimum absolute atomic E-state index is 0.0951. The molecule has 0 bridgehead atoms. The summed E-state index contributed by atoms with van der Waals surface area (Å²) >= 11 is 0. The van der Waals surface area contributed by atoms with Gasteiger partial charge in [0.25, 0.3) is 0 Å². The molecule has 1 aliphatic rings. The number of amides is 2. The summed E-state index contributed by atoms with van der Waals surface area (Å²) in [5.74, 6) is -0.0665. The van der Waals surface area contributed by atoms with Crippen LogP contribution in [0.5, 0.6) is 0 Å². The van der Waals surface area contributed by atoms with Gasteiger partial charge >= 0.3 is 0 Å². The molecule has 24 heavy (non-hydrogen) atoms. The van der Waals surface area contributed by atoms with E-state index in [2.05, 4.69) is 5.32 Å². The molecule has 3 rings (SSSR count). The first-order valence-corrected chi connectivity index (χ1v) is 8.15. The van der Waals surface area contributed by atoms with E-state index in [1.807, 2.05) is 54.6 Å². The highest BCUT2D eigenvalue weighted by Crippen LogP contribution is 2.29. The van der Waals surface area contributed by atoms with E-state index in [-0.39, 0.29) is 24.3 Å². The Labute approximate surface area is 141 Å². The summed E-state index contributed by atoms with van der Waals surface area (Å²) in [6.07, 6.45) is 1.59. The van der Waals surface area contributed by atoms with Crippen LogP contribution in [-0.4, -0.2) is 18.4 Å². The van der Waals surface area contributed by atoms with Crippen LogP contribution in [0.2, 0.25) is 0 Å². The number of para-hydroxylation sites is 2. The number of hydrogen-bond acceptors (Lipinski definition) is 3. The minimum atomic E-state index is -0.355. The number of benzene rings is 2. The second-order valence-corrected chi connectivity index (χ2v) is 5.94. The van der Waals surface area contributed by atoms with Gasteiger partial charge in [-0.3, -0.25) is 9.59 Å². The number of carbonyl (C=O) groups excluding carboxylic acids is 2. The summed E-state index contributed by atoms with van der Waals surface area (Å²) in [4.78, 5) is 26.0. The van der Waals surface area contributed by atoms with Crippen molar-refractivity contribution in [2.75, 3.05) is 16.8 Å². The third-order valence-electron chi connectivity index (χ3n) is 4.18. The van der Waals surface area contributed by atoms with Gasteiger partial charge in [0.05, 0.1) is 11.4 Å². The molecule has 5 nitrogen and oxygen atoms in total. The van der Waals surface area contributed by atoms with Crippen LogP contribution >= 0.6 is 0 Å². The molecular formula is C19H21N3O2. The summed E-state index contributed by atoms with van der Waals surface area (Å²) in [7, 11) is 0. The van der Waals surface area contributed by atoms with Crippen molar-refractivity contribution in [2.24, 2.45) is 5.73 Å². The van der Waals surface area contributed by atoms with Gasteiger partial charge in [0.15, 0.2) is 0 Å². The quantitative estimate of drug-likeness (QED) is 0.888. The molecule has 1 unspecified atom stereocenters. The van der Waals surface area contributed by atoms with Crippen molar-refractivity contribution in [3.63, 3.8) is 0 Å². The third-order valence-corrected chi connectivity index (χ3v) is 4.18. The maximum absolute atomic E-state index is 12.4. The summed E-state index contributed by atoms with van der Waals surface area (Å²) in [5, 5.41) is 2.90. The van der Waals surface area contributed by atoms with Crippen molar-refractivity contribution in [1.29, 1.82) is 0 Å². The first-order valence-electron chi connectivity index (χ1n) is 8.15. The highest BCUT2D eigenvalue weighted by Gasteiger charge is 2.24. The molecule has 1 saturated heterocycles. The number of hydrogen-bond donors (Lipinski definition) is 2. The monoisotopic (exact) mass is 323 g/mol. The summed E-state index contributed by atoms with van der Waals surface area (Å²) in [6.45, 7) is 0.690. The van der Waals surface area contributed by atoms with E-state index in [1.165, 1.54) is 0 Å². The van der Waals surface area contributed by atoms with Crippen molar-refractivity contribution in [3.05, 3.63) is 60.2 Å². The van der Waals surface area contributed by atoms with Gasteiger partial charge in [0, 0.05) is 25.4 Å². The van der Waals surface area contributed by atoms with Gasteiger partial charge in [0.1, 0.15) is 0 Å². The van der Waals surface area contributed by atoms with Gasteiger partial charge in [-0.2, -0.15) is 0 Å². The summed E-state index contributed by atoms with van der Waals surface area (Å²) < 4.78 is 0. The standard InChI is InChI=1S/C19H21N3O2/c20-15(14-7-2-1-3-8-14)13-18(23)21-16-9-4-5-10-17(16)22-12-6-11-19(22)24/h1-5,7-10,15H,6,11-13,20H2,(H,21,23). The molecule has 1 atom stereocenters. The van der Waals surface area contributed by atoms with Gasteiger partial charge in [-0.1, -0.05) is 42.5 Å². The zero-order valence-electron chi connectivity index (χ0n) is 13.4. The molecule has 124 valence electrons. The van der Waals surface area contributed by atoms with Gasteiger partial charge < -0.3 is 16.0 Å². The van der Waals surface area contributed by atoms with E-state index < -0.39 is 0 Å². The fraction of sp³-hybridized carbons (Fsp3) is 0.263. The van der Waals surface area contributed by atoms with E-state index >= 15 is 0 Å². The number of nitrogens with one attached hydrogen (secondary N) is 1. The Morgan fingerprint density at radius 1 is 1.12 bits per heavy atom. The maximum atomic E-state index is 12.4. The zero-order chi connectivity index (χ0) is 16.9. The molecule has 0 radical (unpaired) electrons. The minimum Gasteiger partial charge on any atom is -0.324 e. The van der Waals surface area contributed by atoms with Crippen LogP contribution in [-0.2, 0) is 9.59 Å². The second kappa shape index (κ2) is 7.27. The molecule has 0 aromatic heterocycles. The Kier molecular flexibility index (Phi) is 4.91. The van der Waals surface area contributed by atoms with E-state index in [0.29, 0.717) is 18.7 Å². The van der Waals surface area contributed by atoms with Crippen LogP contribution in [0.25, 0.3) is 0 Å². The fourth-order valence-corrected chi connectivity index (χ4v) is 2.94. The maximum Gasteiger partial charge on any atom is 0.227 e. The lowest BCUT2D eigenvalue weighted by molar-refractivity contribution is -0.117. The number of anilines is 2. The largest absolute Gasteiger partial charge is 0.324 e. The number of carbonyl (C=O) groups is 2. The Hall–Kier alpha value is -2.66. The highest BCUT2D eigenvalue weighted by molar-refractivity contribution is 6.02. The second-order valence-electron chi connectivity index (χ2n) is 5.94. The summed E-state index contributed by atoms with van der Waals surface area (Å²) in [6, 6.07) is 16.6. The lowest BCUT2D eigenvalue weighted by Crippen LogP contribution is -2.26. The fourth-order valence-electron chi connectivity index (χ4n) is 2.94. The molecule has 0 aliphatic carbocycles. The average Bonchev–Trinajstić information content (AvgIpc) is 3.02. The van der Waals surface area contributed by atoms with Gasteiger partial charge in [0.2, 0.25) is 11.8 Å². The lowest BCUT2D eigenvalue weighted by Gasteiger charge is -2.20. The van der Waals surface area contributed by atoms with Crippen molar-refractivity contribution in [3.8, 4) is 0 Å². The van der Waals surface area contributed by atoms with Crippen LogP contribution in [0.3, 0.4) is 0 Å². The highest BCUT2D eigenvalue weighted by atomic mass is 16.2. The molecule has 0 saturated carbocycles. The smallest absolute Gasteiger partial charge is 0.227 e. The van der Waals surface area contributed by atoms with Gasteiger partial charge in [-0.15, -0.1) is 0 Å². The third kappa shape index (κ3) is 3.63. The number of rotatable bonds is 5. The van der Waals surface area contributed by atoms with E-state index in [1.54, 1.807) is 4.90 Å². The molecule has 3 N–H and O–H groups in total. The SMILES string of the molecule is NC(CC(=O)Nc1ccccc1N1CCCC1=O)c1ccccc1. The molecule has 0 spiro atoms. The molecule has 2 aromatic carbocycles. The molecule has 1 fully saturated rings. The van der Waals surface area contributed by atoms with E-state index in [0.717, 1.165) is 17.7 Å². The summed E-state index contributed by atoms with van der Waals surface area (Å²) in [5.41, 5.74) is 8.44. The Balaban J connectivity index is 1.70. The van der Waals surface area contributed by atoms with Gasteiger partial charge in [-0.05, 0) is 24.1 Å². The van der Waals surface area contributed by atoms with Crippen LogP contribution in [0.4, 0.5) is 11.4 Å². The van der Waals surface area contributed by atoms with Crippen LogP contribution < -0.4 is 16.0 Å². The number of nitrogens with two attached hydrogens (primary N) is 1. The number of nitrogens with zero attached hydrogens (tertiary/aromatic N) is 1. The first-order chi connectivity index (χ1) is 11.6. The topological polar surface area (TPSA) is 75.4 Å². The molecule has 1 heterocycles. The molecule has 2 amide bonds. The van der Waals surface area contributed by atoms with Gasteiger partial charge in [-0.25, -0.2) is 0 Å². The van der Waals surface area contributed by atoms with Crippen molar-refractivity contribution >= 4 is 23.2 Å². The predicted molar refractivity (Wildman–Crippen MR) is 94.6 cm³/mol. The molecular weight excluding hydrogens is 302 g/mol. The van der Waals surface area contributed by atoms with E-state index in [9.17, 15) is 9.59 Å². The van der Waals surface area contributed by atoms with Crippen LogP contribution in [0, 0.1) is 0 Å². The average molecular weight is 323 g/mol. The molecule has 2 aromatic rings. The lowest BCUT2D eigenvalue weighted by atomic mass is 10.0. The predicted octanol–water partition coefficient (Wildman–Crippen LogP) is 2.84. The van der Waals surface area contributed by atoms with Crippen molar-refractivity contribution in [1.82, 2.24) is 0 Å². The van der Waals surface area contributed by atoms with Crippen LogP contribution in [0.15, 0.2) is 54.6 Å². The molecule has 5 heteroatoms. The van der Waals surface area contributed by atoms with Crippen molar-refractivity contribution in [2.45, 2.75) is 25.3 Å². The Morgan fingerprint density at radius 3 is 2.54 bits per heavy atom. The van der Waals surface area contributed by atoms with Crippen LogP contribution in [0.1, 0.15) is 30.9 Å². The Morgan fingerprint density at radius 2 is 1.83 bits per heavy atom. The zero-order valence-corrected chi connectivity index (χ0v) is 13.4. The normalized spacial score (nSPS) is 15.4. The van der Waals surface area contributed by atoms with Crippen molar-refractivity contribution < 1.29 is 9.59 Å².